The highest BCUT2D eigenvalue weighted by Gasteiger charge is 2.35. The van der Waals surface area contributed by atoms with E-state index in [0.29, 0.717) is 36.1 Å². The number of carbonyl (C=O) groups excluding carboxylic acids is 2. The van der Waals surface area contributed by atoms with Gasteiger partial charge in [0.1, 0.15) is 5.75 Å². The topological polar surface area (TPSA) is 78.5 Å². The van der Waals surface area contributed by atoms with Crippen molar-refractivity contribution in [3.05, 3.63) is 72.1 Å². The number of halogens is 1. The smallest absolute Gasteiger partial charge is 0.265 e. The van der Waals surface area contributed by atoms with E-state index in [1.807, 2.05) is 6.07 Å². The number of allylic oxidation sites excluding steroid dienone is 2. The quantitative estimate of drug-likeness (QED) is 0.486. The molecule has 8 heteroatoms. The van der Waals surface area contributed by atoms with Gasteiger partial charge >= 0.3 is 0 Å². The van der Waals surface area contributed by atoms with E-state index in [0.717, 1.165) is 18.4 Å². The number of nitrogens with one attached hydrogen (secondary N) is 1. The van der Waals surface area contributed by atoms with Gasteiger partial charge < -0.3 is 14.5 Å². The summed E-state index contributed by atoms with van der Waals surface area (Å²) in [6.07, 6.45) is 11.1. The minimum absolute atomic E-state index is 0.00718. The summed E-state index contributed by atoms with van der Waals surface area (Å²) in [7, 11) is 0. The summed E-state index contributed by atoms with van der Waals surface area (Å²) in [4.78, 5) is 27.1. The second kappa shape index (κ2) is 11.5. The molecule has 174 valence electrons. The van der Waals surface area contributed by atoms with Crippen molar-refractivity contribution in [2.45, 2.75) is 19.8 Å². The number of hydrogen-bond acceptors (Lipinski definition) is 4. The summed E-state index contributed by atoms with van der Waals surface area (Å²) < 4.78 is 5.50. The lowest BCUT2D eigenvalue weighted by molar-refractivity contribution is -0.131. The van der Waals surface area contributed by atoms with E-state index < -0.39 is 0 Å². The lowest BCUT2D eigenvalue weighted by atomic mass is 9.98. The number of nitrogens with zero attached hydrogens (tertiary/aromatic N) is 3. The number of aromatic nitrogens is 2. The van der Waals surface area contributed by atoms with E-state index in [2.05, 4.69) is 42.4 Å². The van der Waals surface area contributed by atoms with Gasteiger partial charge in [0, 0.05) is 43.9 Å². The number of benzene rings is 1. The second-order valence-corrected chi connectivity index (χ2v) is 8.22. The predicted octanol–water partition coefficient (Wildman–Crippen LogP) is 4.27. The minimum Gasteiger partial charge on any atom is -0.482 e. The Kier molecular flexibility index (Phi) is 8.49. The number of amides is 2. The average Bonchev–Trinajstić information content (AvgIpc) is 3.30. The van der Waals surface area contributed by atoms with Crippen LogP contribution in [-0.4, -0.2) is 53.2 Å². The third-order valence-corrected chi connectivity index (χ3v) is 5.75. The lowest BCUT2D eigenvalue weighted by Gasteiger charge is -2.42. The van der Waals surface area contributed by atoms with Crippen LogP contribution < -0.4 is 9.64 Å². The molecule has 2 aromatic rings. The fraction of sp³-hybridized carbons (Fsp3) is 0.320. The first-order valence-electron chi connectivity index (χ1n) is 10.9. The fourth-order valence-corrected chi connectivity index (χ4v) is 3.86. The van der Waals surface area contributed by atoms with Crippen LogP contribution in [0.5, 0.6) is 5.75 Å². The maximum absolute atomic E-state index is 12.2. The van der Waals surface area contributed by atoms with Gasteiger partial charge in [0.2, 0.25) is 5.91 Å². The van der Waals surface area contributed by atoms with Crippen LogP contribution in [0, 0.1) is 5.92 Å². The number of likely N-dealkylation sites (tertiary alicyclic amines) is 1. The highest BCUT2D eigenvalue weighted by molar-refractivity contribution is 6.32. The first-order chi connectivity index (χ1) is 16.0. The zero-order chi connectivity index (χ0) is 23.8. The zero-order valence-corrected chi connectivity index (χ0v) is 19.6. The van der Waals surface area contributed by atoms with E-state index >= 15 is 0 Å². The SMILES string of the molecule is C=CC(=O)N1CC(CN2C(=O)COc3cc(C=C)c(Cl)cc32)C1.CC/C=C\Cc1ccn[nH]1. The maximum Gasteiger partial charge on any atom is 0.265 e. The molecular formula is C25H29ClN4O3. The molecule has 0 atom stereocenters. The van der Waals surface area contributed by atoms with E-state index in [9.17, 15) is 9.59 Å². The number of rotatable bonds is 7. The van der Waals surface area contributed by atoms with Gasteiger partial charge in [-0.2, -0.15) is 5.10 Å². The number of anilines is 1. The second-order valence-electron chi connectivity index (χ2n) is 7.82. The summed E-state index contributed by atoms with van der Waals surface area (Å²) in [6.45, 7) is 11.1. The van der Waals surface area contributed by atoms with Gasteiger partial charge in [0.15, 0.2) is 6.61 Å². The molecule has 0 radical (unpaired) electrons. The molecule has 0 spiro atoms. The highest BCUT2D eigenvalue weighted by Crippen LogP contribution is 2.38. The Balaban J connectivity index is 0.000000257. The molecule has 1 aromatic carbocycles. The van der Waals surface area contributed by atoms with Crippen molar-refractivity contribution in [2.24, 2.45) is 5.92 Å². The Morgan fingerprint density at radius 2 is 2.12 bits per heavy atom. The molecule has 2 amide bonds. The van der Waals surface area contributed by atoms with Crippen LogP contribution >= 0.6 is 11.6 Å². The van der Waals surface area contributed by atoms with Gasteiger partial charge in [-0.3, -0.25) is 14.7 Å². The van der Waals surface area contributed by atoms with Crippen molar-refractivity contribution >= 4 is 35.2 Å². The molecule has 1 N–H and O–H groups in total. The third kappa shape index (κ3) is 6.14. The van der Waals surface area contributed by atoms with Crippen LogP contribution in [0.1, 0.15) is 24.6 Å². The molecule has 2 aliphatic heterocycles. The first-order valence-corrected chi connectivity index (χ1v) is 11.3. The molecule has 7 nitrogen and oxygen atoms in total. The van der Waals surface area contributed by atoms with E-state index in [-0.39, 0.29) is 24.3 Å². The number of carbonyl (C=O) groups is 2. The molecule has 0 bridgehead atoms. The number of ether oxygens (including phenoxy) is 1. The van der Waals surface area contributed by atoms with Crippen LogP contribution in [0.25, 0.3) is 6.08 Å². The minimum atomic E-state index is -0.103. The zero-order valence-electron chi connectivity index (χ0n) is 18.8. The maximum atomic E-state index is 12.2. The summed E-state index contributed by atoms with van der Waals surface area (Å²) in [6, 6.07) is 5.51. The number of H-pyrrole nitrogens is 1. The standard InChI is InChI=1S/C17H17ClN2O3.C8H12N2/c1-3-12-5-15-14(6-13(12)18)20(17(22)10-23-15)9-11-7-19(8-11)16(21)4-2;1-2-3-4-5-8-6-7-9-10-8/h3-6,11H,1-2,7-10H2;3-4,6-7H,2,5H2,1H3,(H,9,10)/b;4-3-. The van der Waals surface area contributed by atoms with Crippen molar-refractivity contribution in [3.63, 3.8) is 0 Å². The van der Waals surface area contributed by atoms with Gasteiger partial charge in [0.05, 0.1) is 10.7 Å². The van der Waals surface area contributed by atoms with Crippen LogP contribution in [-0.2, 0) is 16.0 Å². The number of hydrogen-bond donors (Lipinski definition) is 1. The van der Waals surface area contributed by atoms with Crippen molar-refractivity contribution < 1.29 is 14.3 Å². The van der Waals surface area contributed by atoms with Crippen LogP contribution in [0.15, 0.2) is 55.8 Å². The van der Waals surface area contributed by atoms with Gasteiger partial charge in [-0.05, 0) is 36.3 Å². The van der Waals surface area contributed by atoms with Crippen molar-refractivity contribution in [1.82, 2.24) is 15.1 Å². The average molecular weight is 469 g/mol. The van der Waals surface area contributed by atoms with Gasteiger partial charge in [0.25, 0.3) is 5.91 Å². The molecule has 2 aliphatic rings. The monoisotopic (exact) mass is 468 g/mol. The molecular weight excluding hydrogens is 440 g/mol. The number of fused-ring (bicyclic) bond motifs is 1. The number of aromatic amines is 1. The van der Waals surface area contributed by atoms with Crippen molar-refractivity contribution in [3.8, 4) is 5.75 Å². The van der Waals surface area contributed by atoms with E-state index in [1.54, 1.807) is 34.2 Å². The van der Waals surface area contributed by atoms with Gasteiger partial charge in [-0.15, -0.1) is 0 Å². The van der Waals surface area contributed by atoms with Crippen LogP contribution in [0.4, 0.5) is 5.69 Å². The van der Waals surface area contributed by atoms with Crippen LogP contribution in [0.3, 0.4) is 0 Å². The first kappa shape index (κ1) is 24.3. The molecule has 0 aliphatic carbocycles. The molecule has 4 rings (SSSR count). The molecule has 1 saturated heterocycles. The lowest BCUT2D eigenvalue weighted by Crippen LogP contribution is -2.55. The Morgan fingerprint density at radius 3 is 2.76 bits per heavy atom. The van der Waals surface area contributed by atoms with Crippen molar-refractivity contribution in [1.29, 1.82) is 0 Å². The molecule has 3 heterocycles. The summed E-state index contributed by atoms with van der Waals surface area (Å²) in [5.41, 5.74) is 2.61. The Hall–Kier alpha value is -3.32. The highest BCUT2D eigenvalue weighted by atomic mass is 35.5. The van der Waals surface area contributed by atoms with Gasteiger partial charge in [-0.1, -0.05) is 49.9 Å². The summed E-state index contributed by atoms with van der Waals surface area (Å²) in [5, 5.41) is 7.26. The van der Waals surface area contributed by atoms with Crippen LogP contribution in [0.2, 0.25) is 5.02 Å². The molecule has 0 unspecified atom stereocenters. The van der Waals surface area contributed by atoms with Crippen molar-refractivity contribution in [2.75, 3.05) is 31.1 Å². The van der Waals surface area contributed by atoms with E-state index in [1.165, 1.54) is 11.8 Å². The van der Waals surface area contributed by atoms with Gasteiger partial charge in [-0.25, -0.2) is 0 Å². The largest absolute Gasteiger partial charge is 0.482 e. The Bertz CT molecular complexity index is 1030. The molecule has 1 fully saturated rings. The summed E-state index contributed by atoms with van der Waals surface area (Å²) in [5.74, 6) is 0.691. The normalized spacial score (nSPS) is 15.3. The Morgan fingerprint density at radius 1 is 1.33 bits per heavy atom. The predicted molar refractivity (Wildman–Crippen MR) is 131 cm³/mol. The van der Waals surface area contributed by atoms with E-state index in [4.69, 9.17) is 16.3 Å². The Labute approximate surface area is 199 Å². The molecule has 1 aromatic heterocycles. The fourth-order valence-electron chi connectivity index (χ4n) is 3.62. The molecule has 0 saturated carbocycles. The summed E-state index contributed by atoms with van der Waals surface area (Å²) >= 11 is 6.21. The third-order valence-electron chi connectivity index (χ3n) is 5.42. The molecule has 33 heavy (non-hydrogen) atoms.